The molecule has 2 nitrogen and oxygen atoms in total. The van der Waals surface area contributed by atoms with Crippen LogP contribution >= 0.6 is 11.3 Å². The Labute approximate surface area is 95.4 Å². The first-order chi connectivity index (χ1) is 7.33. The summed E-state index contributed by atoms with van der Waals surface area (Å²) in [5.74, 6) is 0.835. The third-order valence-electron chi connectivity index (χ3n) is 2.97. The highest BCUT2D eigenvalue weighted by atomic mass is 32.1. The van der Waals surface area contributed by atoms with Crippen LogP contribution in [0.3, 0.4) is 0 Å². The van der Waals surface area contributed by atoms with Gasteiger partial charge in [0.05, 0.1) is 11.9 Å². The summed E-state index contributed by atoms with van der Waals surface area (Å²) in [4.78, 5) is 3.71. The maximum atomic E-state index is 7.95. The summed E-state index contributed by atoms with van der Waals surface area (Å²) in [5.41, 5.74) is 0. The van der Waals surface area contributed by atoms with Gasteiger partial charge >= 0.3 is 0 Å². The van der Waals surface area contributed by atoms with Crippen molar-refractivity contribution in [3.63, 3.8) is 0 Å². The lowest BCUT2D eigenvalue weighted by molar-refractivity contribution is 0.323. The number of hydrogen-bond acceptors (Lipinski definition) is 2. The van der Waals surface area contributed by atoms with E-state index >= 15 is 0 Å². The van der Waals surface area contributed by atoms with Gasteiger partial charge in [0.15, 0.2) is 0 Å². The predicted octanol–water partition coefficient (Wildman–Crippen LogP) is 3.66. The van der Waals surface area contributed by atoms with Crippen LogP contribution in [-0.2, 0) is 0 Å². The molecule has 0 aromatic carbocycles. The number of likely N-dealkylation sites (tertiary alicyclic amines) is 1. The predicted molar refractivity (Wildman–Crippen MR) is 65.6 cm³/mol. The molecule has 82 valence electrons. The molecule has 0 radical (unpaired) electrons. The zero-order chi connectivity index (χ0) is 10.7. The Balaban J connectivity index is 2.15. The molecular formula is C12H18N2S. The molecule has 1 aliphatic rings. The minimum Gasteiger partial charge on any atom is -0.353 e. The van der Waals surface area contributed by atoms with Crippen LogP contribution in [0.5, 0.6) is 0 Å². The van der Waals surface area contributed by atoms with Crippen molar-refractivity contribution >= 4 is 17.2 Å². The number of thiophene rings is 1. The lowest BCUT2D eigenvalue weighted by atomic mass is 10.1. The molecule has 2 rings (SSSR count). The Morgan fingerprint density at radius 2 is 2.47 bits per heavy atom. The summed E-state index contributed by atoms with van der Waals surface area (Å²) < 4.78 is 0. The minimum atomic E-state index is 0.463. The van der Waals surface area contributed by atoms with Crippen molar-refractivity contribution in [2.45, 2.75) is 38.6 Å². The molecule has 3 heteroatoms. The zero-order valence-corrected chi connectivity index (χ0v) is 10.0. The van der Waals surface area contributed by atoms with E-state index in [4.69, 9.17) is 5.41 Å². The fourth-order valence-electron chi connectivity index (χ4n) is 2.25. The van der Waals surface area contributed by atoms with E-state index in [0.717, 1.165) is 25.2 Å². The van der Waals surface area contributed by atoms with Crippen molar-refractivity contribution in [2.24, 2.45) is 0 Å². The van der Waals surface area contributed by atoms with Gasteiger partial charge in [0, 0.05) is 17.8 Å². The SMILES string of the molecule is CCCC(c1cccs1)N1CCCC1=N. The fourth-order valence-corrected chi connectivity index (χ4v) is 3.12. The van der Waals surface area contributed by atoms with Gasteiger partial charge in [-0.05, 0) is 24.3 Å². The molecule has 1 N–H and O–H groups in total. The Hall–Kier alpha value is -0.830. The summed E-state index contributed by atoms with van der Waals surface area (Å²) in [7, 11) is 0. The maximum Gasteiger partial charge on any atom is 0.0963 e. The van der Waals surface area contributed by atoms with Crippen LogP contribution in [0.15, 0.2) is 17.5 Å². The van der Waals surface area contributed by atoms with Crippen molar-refractivity contribution in [3.05, 3.63) is 22.4 Å². The van der Waals surface area contributed by atoms with Gasteiger partial charge in [0.2, 0.25) is 0 Å². The Morgan fingerprint density at radius 1 is 1.60 bits per heavy atom. The van der Waals surface area contributed by atoms with E-state index in [-0.39, 0.29) is 0 Å². The number of amidine groups is 1. The van der Waals surface area contributed by atoms with Crippen LogP contribution < -0.4 is 0 Å². The van der Waals surface area contributed by atoms with Crippen molar-refractivity contribution < 1.29 is 0 Å². The number of nitrogens with one attached hydrogen (secondary N) is 1. The molecule has 1 saturated heterocycles. The number of nitrogens with zero attached hydrogens (tertiary/aromatic N) is 1. The van der Waals surface area contributed by atoms with Gasteiger partial charge < -0.3 is 4.90 Å². The highest BCUT2D eigenvalue weighted by Crippen LogP contribution is 2.32. The lowest BCUT2D eigenvalue weighted by Crippen LogP contribution is -2.28. The van der Waals surface area contributed by atoms with Crippen molar-refractivity contribution in [1.82, 2.24) is 4.90 Å². The molecule has 0 amide bonds. The molecule has 15 heavy (non-hydrogen) atoms. The molecule has 1 aliphatic heterocycles. The Bertz CT molecular complexity index is 318. The highest BCUT2D eigenvalue weighted by molar-refractivity contribution is 7.10. The van der Waals surface area contributed by atoms with Crippen LogP contribution in [0.1, 0.15) is 43.5 Å². The van der Waals surface area contributed by atoms with Gasteiger partial charge in [-0.1, -0.05) is 19.4 Å². The highest BCUT2D eigenvalue weighted by Gasteiger charge is 2.26. The third-order valence-corrected chi connectivity index (χ3v) is 3.94. The molecule has 0 spiro atoms. The largest absolute Gasteiger partial charge is 0.353 e. The molecule has 1 atom stereocenters. The number of rotatable bonds is 4. The van der Waals surface area contributed by atoms with Crippen LogP contribution in [0.2, 0.25) is 0 Å². The van der Waals surface area contributed by atoms with E-state index in [1.807, 2.05) is 11.3 Å². The summed E-state index contributed by atoms with van der Waals surface area (Å²) >= 11 is 1.82. The Morgan fingerprint density at radius 3 is 3.00 bits per heavy atom. The van der Waals surface area contributed by atoms with Crippen LogP contribution in [0.25, 0.3) is 0 Å². The van der Waals surface area contributed by atoms with Gasteiger partial charge in [0.25, 0.3) is 0 Å². The molecule has 0 saturated carbocycles. The smallest absolute Gasteiger partial charge is 0.0963 e. The summed E-state index contributed by atoms with van der Waals surface area (Å²) in [6, 6.07) is 4.78. The fraction of sp³-hybridized carbons (Fsp3) is 0.583. The first kappa shape index (κ1) is 10.7. The topological polar surface area (TPSA) is 27.1 Å². The second-order valence-corrected chi connectivity index (χ2v) is 5.04. The van der Waals surface area contributed by atoms with Crippen molar-refractivity contribution in [3.8, 4) is 0 Å². The van der Waals surface area contributed by atoms with E-state index in [2.05, 4.69) is 29.3 Å². The normalized spacial score (nSPS) is 18.5. The van der Waals surface area contributed by atoms with E-state index in [1.54, 1.807) is 0 Å². The molecular weight excluding hydrogens is 204 g/mol. The molecule has 1 aromatic rings. The summed E-state index contributed by atoms with van der Waals surface area (Å²) in [6.07, 6.45) is 4.48. The van der Waals surface area contributed by atoms with E-state index < -0.39 is 0 Å². The molecule has 1 aromatic heterocycles. The Kier molecular flexibility index (Phi) is 3.41. The number of hydrogen-bond donors (Lipinski definition) is 1. The first-order valence-corrected chi connectivity index (χ1v) is 6.58. The maximum absolute atomic E-state index is 7.95. The first-order valence-electron chi connectivity index (χ1n) is 5.70. The molecule has 0 aliphatic carbocycles. The van der Waals surface area contributed by atoms with Crippen molar-refractivity contribution in [1.29, 1.82) is 5.41 Å². The molecule has 0 bridgehead atoms. The lowest BCUT2D eigenvalue weighted by Gasteiger charge is -2.28. The van der Waals surface area contributed by atoms with Crippen LogP contribution in [-0.4, -0.2) is 17.3 Å². The summed E-state index contributed by atoms with van der Waals surface area (Å²) in [5, 5.41) is 10.1. The van der Waals surface area contributed by atoms with Gasteiger partial charge in [-0.25, -0.2) is 0 Å². The van der Waals surface area contributed by atoms with E-state index in [1.165, 1.54) is 17.7 Å². The molecule has 1 unspecified atom stereocenters. The van der Waals surface area contributed by atoms with Gasteiger partial charge in [-0.3, -0.25) is 5.41 Å². The van der Waals surface area contributed by atoms with Crippen LogP contribution in [0.4, 0.5) is 0 Å². The van der Waals surface area contributed by atoms with E-state index in [9.17, 15) is 0 Å². The third kappa shape index (κ3) is 2.23. The monoisotopic (exact) mass is 222 g/mol. The quantitative estimate of drug-likeness (QED) is 0.827. The van der Waals surface area contributed by atoms with E-state index in [0.29, 0.717) is 6.04 Å². The minimum absolute atomic E-state index is 0.463. The van der Waals surface area contributed by atoms with Gasteiger partial charge in [0.1, 0.15) is 0 Å². The average molecular weight is 222 g/mol. The molecule has 2 heterocycles. The van der Waals surface area contributed by atoms with Gasteiger partial charge in [-0.2, -0.15) is 0 Å². The summed E-state index contributed by atoms with van der Waals surface area (Å²) in [6.45, 7) is 3.29. The van der Waals surface area contributed by atoms with Crippen molar-refractivity contribution in [2.75, 3.05) is 6.54 Å². The van der Waals surface area contributed by atoms with Gasteiger partial charge in [-0.15, -0.1) is 11.3 Å². The zero-order valence-electron chi connectivity index (χ0n) is 9.20. The standard InChI is InChI=1S/C12H18N2S/c1-2-5-10(11-6-4-9-15-11)14-8-3-7-12(14)13/h4,6,9-10,13H,2-3,5,7-8H2,1H3. The average Bonchev–Trinajstić information content (AvgIpc) is 2.85. The second kappa shape index (κ2) is 4.79. The molecule has 1 fully saturated rings. The second-order valence-electron chi connectivity index (χ2n) is 4.06. The van der Waals surface area contributed by atoms with Crippen LogP contribution in [0, 0.1) is 5.41 Å².